The van der Waals surface area contributed by atoms with Gasteiger partial charge in [-0.1, -0.05) is 31.0 Å². The van der Waals surface area contributed by atoms with Crippen LogP contribution in [0.4, 0.5) is 0 Å². The van der Waals surface area contributed by atoms with E-state index in [4.69, 9.17) is 11.6 Å². The fourth-order valence-corrected chi connectivity index (χ4v) is 1.71. The summed E-state index contributed by atoms with van der Waals surface area (Å²) in [7, 11) is 0. The number of hydrogen-bond donors (Lipinski definition) is 0. The Labute approximate surface area is 85.3 Å². The van der Waals surface area contributed by atoms with E-state index < -0.39 is 0 Å². The summed E-state index contributed by atoms with van der Waals surface area (Å²) in [6.45, 7) is 2.13. The standard InChI is InChI=1S/C8H9ClIN/c1-2-3-6-4-5-7(10)11-8(6)9/h4-5H,2-3H2,1H3. The minimum Gasteiger partial charge on any atom is -0.230 e. The lowest BCUT2D eigenvalue weighted by molar-refractivity contribution is 0.912. The third kappa shape index (κ3) is 2.60. The van der Waals surface area contributed by atoms with Gasteiger partial charge in [0.25, 0.3) is 0 Å². The first-order chi connectivity index (χ1) is 5.24. The summed E-state index contributed by atoms with van der Waals surface area (Å²) >= 11 is 8.05. The molecule has 0 fully saturated rings. The molecule has 0 atom stereocenters. The van der Waals surface area contributed by atoms with Gasteiger partial charge in [-0.3, -0.25) is 0 Å². The third-order valence-corrected chi connectivity index (χ3v) is 2.34. The molecule has 0 aliphatic carbocycles. The highest BCUT2D eigenvalue weighted by molar-refractivity contribution is 14.1. The Hall–Kier alpha value is 0.170. The van der Waals surface area contributed by atoms with E-state index in [1.165, 1.54) is 0 Å². The predicted molar refractivity (Wildman–Crippen MR) is 56.0 cm³/mol. The fourth-order valence-electron chi connectivity index (χ4n) is 0.897. The average molecular weight is 282 g/mol. The Bertz CT molecular complexity index is 250. The van der Waals surface area contributed by atoms with Crippen molar-refractivity contribution in [3.63, 3.8) is 0 Å². The number of pyridine rings is 1. The summed E-state index contributed by atoms with van der Waals surface area (Å²) in [5.74, 6) is 0. The van der Waals surface area contributed by atoms with E-state index in [2.05, 4.69) is 34.5 Å². The van der Waals surface area contributed by atoms with E-state index in [1.807, 2.05) is 12.1 Å². The van der Waals surface area contributed by atoms with Crippen molar-refractivity contribution in [3.05, 3.63) is 26.5 Å². The molecule has 0 bridgehead atoms. The lowest BCUT2D eigenvalue weighted by Gasteiger charge is -2.00. The molecule has 3 heteroatoms. The summed E-state index contributed by atoms with van der Waals surface area (Å²) in [4.78, 5) is 4.14. The second-order valence-corrected chi connectivity index (χ2v) is 3.80. The topological polar surface area (TPSA) is 12.9 Å². The minimum absolute atomic E-state index is 0.652. The van der Waals surface area contributed by atoms with Gasteiger partial charge in [0, 0.05) is 0 Å². The molecule has 0 N–H and O–H groups in total. The van der Waals surface area contributed by atoms with Crippen molar-refractivity contribution in [2.45, 2.75) is 19.8 Å². The van der Waals surface area contributed by atoms with Crippen LogP contribution in [0.3, 0.4) is 0 Å². The maximum absolute atomic E-state index is 5.89. The molecule has 0 amide bonds. The molecule has 1 rings (SSSR count). The van der Waals surface area contributed by atoms with Gasteiger partial charge in [-0.2, -0.15) is 0 Å². The molecule has 0 unspecified atom stereocenters. The molecule has 0 aromatic carbocycles. The van der Waals surface area contributed by atoms with Crippen LogP contribution < -0.4 is 0 Å². The lowest BCUT2D eigenvalue weighted by atomic mass is 10.2. The summed E-state index contributed by atoms with van der Waals surface area (Å²) in [6, 6.07) is 4.03. The molecule has 11 heavy (non-hydrogen) atoms. The molecule has 0 aliphatic rings. The average Bonchev–Trinajstić information content (AvgIpc) is 1.95. The van der Waals surface area contributed by atoms with Gasteiger partial charge in [-0.15, -0.1) is 0 Å². The molecule has 1 nitrogen and oxygen atoms in total. The first kappa shape index (κ1) is 9.26. The Kier molecular flexibility index (Phi) is 3.59. The van der Waals surface area contributed by atoms with Crippen LogP contribution in [0.25, 0.3) is 0 Å². The minimum atomic E-state index is 0.652. The lowest BCUT2D eigenvalue weighted by Crippen LogP contribution is -1.89. The fraction of sp³-hybridized carbons (Fsp3) is 0.375. The number of rotatable bonds is 2. The Morgan fingerprint density at radius 2 is 2.27 bits per heavy atom. The van der Waals surface area contributed by atoms with Crippen LogP contribution in [0.2, 0.25) is 5.15 Å². The highest BCUT2D eigenvalue weighted by Gasteiger charge is 1.99. The monoisotopic (exact) mass is 281 g/mol. The molecule has 0 aliphatic heterocycles. The molecule has 0 saturated heterocycles. The molecule has 1 aromatic rings. The molecule has 1 aromatic heterocycles. The zero-order chi connectivity index (χ0) is 8.27. The van der Waals surface area contributed by atoms with Crippen molar-refractivity contribution in [2.24, 2.45) is 0 Å². The SMILES string of the molecule is CCCc1ccc(I)nc1Cl. The zero-order valence-electron chi connectivity index (χ0n) is 6.27. The summed E-state index contributed by atoms with van der Waals surface area (Å²) in [5.41, 5.74) is 1.15. The maximum atomic E-state index is 5.89. The molecule has 0 radical (unpaired) electrons. The van der Waals surface area contributed by atoms with Crippen LogP contribution in [-0.4, -0.2) is 4.98 Å². The Morgan fingerprint density at radius 3 is 2.82 bits per heavy atom. The van der Waals surface area contributed by atoms with E-state index in [0.717, 1.165) is 22.1 Å². The number of aryl methyl sites for hydroxylation is 1. The van der Waals surface area contributed by atoms with Gasteiger partial charge in [0.05, 0.1) is 0 Å². The Morgan fingerprint density at radius 1 is 1.55 bits per heavy atom. The normalized spacial score (nSPS) is 10.1. The van der Waals surface area contributed by atoms with E-state index in [0.29, 0.717) is 5.15 Å². The first-order valence-electron chi connectivity index (χ1n) is 3.55. The van der Waals surface area contributed by atoms with Crippen LogP contribution >= 0.6 is 34.2 Å². The number of aromatic nitrogens is 1. The molecule has 60 valence electrons. The Balaban J connectivity index is 2.90. The first-order valence-corrected chi connectivity index (χ1v) is 5.00. The van der Waals surface area contributed by atoms with Crippen LogP contribution in [0.5, 0.6) is 0 Å². The van der Waals surface area contributed by atoms with E-state index in [9.17, 15) is 0 Å². The molecule has 0 saturated carbocycles. The van der Waals surface area contributed by atoms with Gasteiger partial charge >= 0.3 is 0 Å². The van der Waals surface area contributed by atoms with Gasteiger partial charge in [-0.25, -0.2) is 4.98 Å². The van der Waals surface area contributed by atoms with Gasteiger partial charge < -0.3 is 0 Å². The van der Waals surface area contributed by atoms with Gasteiger partial charge in [0.1, 0.15) is 8.85 Å². The van der Waals surface area contributed by atoms with E-state index >= 15 is 0 Å². The van der Waals surface area contributed by atoms with Crippen molar-refractivity contribution in [3.8, 4) is 0 Å². The smallest absolute Gasteiger partial charge is 0.133 e. The highest BCUT2D eigenvalue weighted by atomic mass is 127. The van der Waals surface area contributed by atoms with Gasteiger partial charge in [0.15, 0.2) is 0 Å². The van der Waals surface area contributed by atoms with Crippen molar-refractivity contribution in [2.75, 3.05) is 0 Å². The van der Waals surface area contributed by atoms with Crippen molar-refractivity contribution in [1.29, 1.82) is 0 Å². The van der Waals surface area contributed by atoms with Crippen LogP contribution in [0, 0.1) is 3.70 Å². The molecular weight excluding hydrogens is 272 g/mol. The maximum Gasteiger partial charge on any atom is 0.133 e. The van der Waals surface area contributed by atoms with Crippen molar-refractivity contribution >= 4 is 34.2 Å². The van der Waals surface area contributed by atoms with Gasteiger partial charge in [-0.05, 0) is 40.6 Å². The molecular formula is C8H9ClIN. The number of hydrogen-bond acceptors (Lipinski definition) is 1. The summed E-state index contributed by atoms with van der Waals surface area (Å²) in [5, 5.41) is 0.652. The molecule has 0 spiro atoms. The van der Waals surface area contributed by atoms with E-state index in [-0.39, 0.29) is 0 Å². The van der Waals surface area contributed by atoms with Gasteiger partial charge in [0.2, 0.25) is 0 Å². The highest BCUT2D eigenvalue weighted by Crippen LogP contribution is 2.16. The van der Waals surface area contributed by atoms with Crippen LogP contribution in [0.1, 0.15) is 18.9 Å². The van der Waals surface area contributed by atoms with Crippen LogP contribution in [-0.2, 0) is 6.42 Å². The quantitative estimate of drug-likeness (QED) is 0.599. The zero-order valence-corrected chi connectivity index (χ0v) is 9.19. The van der Waals surface area contributed by atoms with Crippen molar-refractivity contribution < 1.29 is 0 Å². The van der Waals surface area contributed by atoms with Crippen LogP contribution in [0.15, 0.2) is 12.1 Å². The number of nitrogens with zero attached hydrogens (tertiary/aromatic N) is 1. The summed E-state index contributed by atoms with van der Waals surface area (Å²) < 4.78 is 0.951. The summed E-state index contributed by atoms with van der Waals surface area (Å²) in [6.07, 6.45) is 2.13. The second-order valence-electron chi connectivity index (χ2n) is 2.33. The van der Waals surface area contributed by atoms with E-state index in [1.54, 1.807) is 0 Å². The predicted octanol–water partition coefficient (Wildman–Crippen LogP) is 3.29. The third-order valence-electron chi connectivity index (χ3n) is 1.41. The van der Waals surface area contributed by atoms with Crippen molar-refractivity contribution in [1.82, 2.24) is 4.98 Å². The largest absolute Gasteiger partial charge is 0.230 e. The molecule has 1 heterocycles. The number of halogens is 2. The second kappa shape index (κ2) is 4.26.